The predicted octanol–water partition coefficient (Wildman–Crippen LogP) is 4.27. The number of hydrogen-bond acceptors (Lipinski definition) is 4. The first-order chi connectivity index (χ1) is 13.1. The number of carbonyl (C=O) groups excluding carboxylic acids is 1. The molecule has 1 heterocycles. The van der Waals surface area contributed by atoms with Crippen LogP contribution < -0.4 is 4.90 Å². The number of piperazine rings is 1. The number of aliphatic hydroxyl groups is 1. The van der Waals surface area contributed by atoms with Crippen LogP contribution in [0.2, 0.25) is 10.0 Å². The maximum Gasteiger partial charge on any atom is 0.162 e. The molecule has 0 unspecified atom stereocenters. The quantitative estimate of drug-likeness (QED) is 0.697. The Morgan fingerprint density at radius 1 is 1.00 bits per heavy atom. The number of Topliss-reactive ketones (excluding diaryl/α,β-unsaturated/α-hetero) is 1. The molecule has 2 aromatic carbocycles. The molecular weight excluding hydrogens is 383 g/mol. The molecule has 1 fully saturated rings. The Balaban J connectivity index is 1.42. The van der Waals surface area contributed by atoms with Gasteiger partial charge in [-0.25, -0.2) is 0 Å². The zero-order valence-electron chi connectivity index (χ0n) is 15.2. The minimum atomic E-state index is -0.0400. The van der Waals surface area contributed by atoms with Gasteiger partial charge in [-0.15, -0.1) is 0 Å². The lowest BCUT2D eigenvalue weighted by molar-refractivity contribution is 0.0974. The maximum atomic E-state index is 12.2. The summed E-state index contributed by atoms with van der Waals surface area (Å²) in [5.41, 5.74) is 2.58. The number of hydrogen-bond donors (Lipinski definition) is 1. The van der Waals surface area contributed by atoms with Crippen LogP contribution >= 0.6 is 23.2 Å². The largest absolute Gasteiger partial charge is 0.392 e. The molecule has 144 valence electrons. The van der Waals surface area contributed by atoms with Gasteiger partial charge in [-0.2, -0.15) is 0 Å². The van der Waals surface area contributed by atoms with Crippen molar-refractivity contribution in [3.05, 3.63) is 63.6 Å². The van der Waals surface area contributed by atoms with Gasteiger partial charge < -0.3 is 10.0 Å². The van der Waals surface area contributed by atoms with Crippen molar-refractivity contribution in [2.75, 3.05) is 37.6 Å². The first kappa shape index (κ1) is 20.2. The second-order valence-electron chi connectivity index (χ2n) is 6.80. The van der Waals surface area contributed by atoms with Gasteiger partial charge in [0.1, 0.15) is 0 Å². The standard InChI is InChI=1S/C21H24Cl2N2O2/c22-18-6-3-16(4-7-18)21(27)2-1-9-24-10-12-25(13-11-24)19-8-5-17(15-26)20(23)14-19/h3-8,14,26H,1-2,9-13,15H2. The zero-order chi connectivity index (χ0) is 19.2. The molecule has 1 saturated heterocycles. The van der Waals surface area contributed by atoms with Crippen LogP contribution in [0.4, 0.5) is 5.69 Å². The minimum absolute atomic E-state index is 0.0400. The monoisotopic (exact) mass is 406 g/mol. The summed E-state index contributed by atoms with van der Waals surface area (Å²) < 4.78 is 0. The minimum Gasteiger partial charge on any atom is -0.392 e. The second-order valence-corrected chi connectivity index (χ2v) is 7.64. The van der Waals surface area contributed by atoms with E-state index < -0.39 is 0 Å². The van der Waals surface area contributed by atoms with E-state index in [0.717, 1.165) is 56.0 Å². The van der Waals surface area contributed by atoms with Crippen LogP contribution in [0.1, 0.15) is 28.8 Å². The highest BCUT2D eigenvalue weighted by molar-refractivity contribution is 6.31. The maximum absolute atomic E-state index is 12.2. The van der Waals surface area contributed by atoms with Crippen molar-refractivity contribution in [1.82, 2.24) is 4.90 Å². The smallest absolute Gasteiger partial charge is 0.162 e. The van der Waals surface area contributed by atoms with Crippen LogP contribution in [-0.4, -0.2) is 48.5 Å². The summed E-state index contributed by atoms with van der Waals surface area (Å²) in [4.78, 5) is 16.9. The normalized spacial score (nSPS) is 15.1. The average Bonchev–Trinajstić information content (AvgIpc) is 2.69. The van der Waals surface area contributed by atoms with E-state index in [4.69, 9.17) is 23.2 Å². The highest BCUT2D eigenvalue weighted by atomic mass is 35.5. The van der Waals surface area contributed by atoms with Crippen molar-refractivity contribution in [2.45, 2.75) is 19.4 Å². The number of carbonyl (C=O) groups is 1. The Bertz CT molecular complexity index is 772. The Hall–Kier alpha value is -1.59. The van der Waals surface area contributed by atoms with Gasteiger partial charge in [0.15, 0.2) is 5.78 Å². The molecule has 3 rings (SSSR count). The van der Waals surface area contributed by atoms with Gasteiger partial charge in [0.2, 0.25) is 0 Å². The van der Waals surface area contributed by atoms with Gasteiger partial charge in [0.05, 0.1) is 6.61 Å². The van der Waals surface area contributed by atoms with Crippen LogP contribution in [0.3, 0.4) is 0 Å². The number of benzene rings is 2. The number of aliphatic hydroxyl groups excluding tert-OH is 1. The van der Waals surface area contributed by atoms with Gasteiger partial charge in [-0.05, 0) is 54.9 Å². The average molecular weight is 407 g/mol. The first-order valence-electron chi connectivity index (χ1n) is 9.22. The van der Waals surface area contributed by atoms with Crippen LogP contribution in [-0.2, 0) is 6.61 Å². The molecule has 1 N–H and O–H groups in total. The molecule has 4 nitrogen and oxygen atoms in total. The molecule has 27 heavy (non-hydrogen) atoms. The summed E-state index contributed by atoms with van der Waals surface area (Å²) >= 11 is 12.1. The number of nitrogens with zero attached hydrogens (tertiary/aromatic N) is 2. The summed E-state index contributed by atoms with van der Waals surface area (Å²) in [6.45, 7) is 4.68. The van der Waals surface area contributed by atoms with Gasteiger partial charge in [0, 0.05) is 53.9 Å². The van der Waals surface area contributed by atoms with Crippen molar-refractivity contribution in [1.29, 1.82) is 0 Å². The molecular formula is C21H24Cl2N2O2. The fourth-order valence-electron chi connectivity index (χ4n) is 3.33. The molecule has 0 aromatic heterocycles. The summed E-state index contributed by atoms with van der Waals surface area (Å²) in [7, 11) is 0. The van der Waals surface area contributed by atoms with Crippen LogP contribution in [0.25, 0.3) is 0 Å². The zero-order valence-corrected chi connectivity index (χ0v) is 16.7. The third-order valence-corrected chi connectivity index (χ3v) is 5.59. The summed E-state index contributed by atoms with van der Waals surface area (Å²) in [6, 6.07) is 12.9. The second kappa shape index (κ2) is 9.56. The molecule has 1 aliphatic heterocycles. The Morgan fingerprint density at radius 3 is 2.33 bits per heavy atom. The lowest BCUT2D eigenvalue weighted by Gasteiger charge is -2.36. The molecule has 0 aliphatic carbocycles. The van der Waals surface area contributed by atoms with Crippen molar-refractivity contribution in [3.8, 4) is 0 Å². The van der Waals surface area contributed by atoms with Crippen molar-refractivity contribution < 1.29 is 9.90 Å². The van der Waals surface area contributed by atoms with E-state index in [2.05, 4.69) is 9.80 Å². The van der Waals surface area contributed by atoms with Gasteiger partial charge in [-0.1, -0.05) is 29.3 Å². The van der Waals surface area contributed by atoms with E-state index in [1.54, 1.807) is 24.3 Å². The lowest BCUT2D eigenvalue weighted by atomic mass is 10.1. The molecule has 0 atom stereocenters. The topological polar surface area (TPSA) is 43.8 Å². The number of rotatable bonds is 7. The van der Waals surface area contributed by atoms with Gasteiger partial charge in [0.25, 0.3) is 0 Å². The van der Waals surface area contributed by atoms with Crippen LogP contribution in [0.15, 0.2) is 42.5 Å². The van der Waals surface area contributed by atoms with Crippen molar-refractivity contribution >= 4 is 34.7 Å². The summed E-state index contributed by atoms with van der Waals surface area (Å²) in [5.74, 6) is 0.170. The van der Waals surface area contributed by atoms with Gasteiger partial charge in [-0.3, -0.25) is 9.69 Å². The van der Waals surface area contributed by atoms with Crippen LogP contribution in [0, 0.1) is 0 Å². The summed E-state index contributed by atoms with van der Waals surface area (Å²) in [6.07, 6.45) is 1.42. The number of halogens is 2. The van der Waals surface area contributed by atoms with E-state index in [-0.39, 0.29) is 12.4 Å². The highest BCUT2D eigenvalue weighted by Gasteiger charge is 2.18. The Morgan fingerprint density at radius 2 is 1.70 bits per heavy atom. The summed E-state index contributed by atoms with van der Waals surface area (Å²) in [5, 5.41) is 10.5. The molecule has 1 aliphatic rings. The molecule has 0 radical (unpaired) electrons. The van der Waals surface area contributed by atoms with E-state index in [9.17, 15) is 9.90 Å². The van der Waals surface area contributed by atoms with Crippen molar-refractivity contribution in [2.24, 2.45) is 0 Å². The molecule has 0 amide bonds. The van der Waals surface area contributed by atoms with Gasteiger partial charge >= 0.3 is 0 Å². The third-order valence-electron chi connectivity index (χ3n) is 4.99. The molecule has 6 heteroatoms. The van der Waals surface area contributed by atoms with E-state index in [0.29, 0.717) is 16.5 Å². The molecule has 0 saturated carbocycles. The Labute approximate surface area is 170 Å². The van der Waals surface area contributed by atoms with E-state index in [1.807, 2.05) is 18.2 Å². The van der Waals surface area contributed by atoms with Crippen LogP contribution in [0.5, 0.6) is 0 Å². The molecule has 2 aromatic rings. The van der Waals surface area contributed by atoms with E-state index in [1.165, 1.54) is 0 Å². The van der Waals surface area contributed by atoms with E-state index >= 15 is 0 Å². The lowest BCUT2D eigenvalue weighted by Crippen LogP contribution is -2.46. The number of ketones is 1. The SMILES string of the molecule is O=C(CCCN1CCN(c2ccc(CO)c(Cl)c2)CC1)c1ccc(Cl)cc1. The fourth-order valence-corrected chi connectivity index (χ4v) is 3.69. The first-order valence-corrected chi connectivity index (χ1v) is 9.98. The van der Waals surface area contributed by atoms with Crippen molar-refractivity contribution in [3.63, 3.8) is 0 Å². The molecule has 0 bridgehead atoms. The third kappa shape index (κ3) is 5.45. The number of anilines is 1. The highest BCUT2D eigenvalue weighted by Crippen LogP contribution is 2.24. The fraction of sp³-hybridized carbons (Fsp3) is 0.381. The predicted molar refractivity (Wildman–Crippen MR) is 111 cm³/mol. The molecule has 0 spiro atoms. The Kier molecular flexibility index (Phi) is 7.13.